The lowest BCUT2D eigenvalue weighted by Gasteiger charge is -2.32. The maximum absolute atomic E-state index is 12.6. The Morgan fingerprint density at radius 3 is 2.14 bits per heavy atom. The molecule has 0 rings (SSSR count). The van der Waals surface area contributed by atoms with E-state index in [1.807, 2.05) is 6.92 Å². The van der Waals surface area contributed by atoms with Gasteiger partial charge in [0.15, 0.2) is 0 Å². The summed E-state index contributed by atoms with van der Waals surface area (Å²) in [7, 11) is -3.98. The fourth-order valence-corrected chi connectivity index (χ4v) is 3.25. The molecule has 0 bridgehead atoms. The highest BCUT2D eigenvalue weighted by atomic mass is 31.2. The number of phosphoric ester groups is 1. The van der Waals surface area contributed by atoms with E-state index in [1.54, 1.807) is 6.92 Å². The first kappa shape index (κ1) is 21.3. The third kappa shape index (κ3) is 8.69. The van der Waals surface area contributed by atoms with Crippen molar-refractivity contribution in [2.24, 2.45) is 0 Å². The van der Waals surface area contributed by atoms with Crippen molar-refractivity contribution in [3.63, 3.8) is 0 Å². The Labute approximate surface area is 133 Å². The fraction of sp³-hybridized carbons (Fsp3) is 0.800. The molecule has 0 aliphatic rings. The molecule has 0 aromatic carbocycles. The first-order valence-corrected chi connectivity index (χ1v) is 9.28. The van der Waals surface area contributed by atoms with Crippen LogP contribution in [0.25, 0.3) is 0 Å². The summed E-state index contributed by atoms with van der Waals surface area (Å²) in [6.45, 7) is 11.0. The smallest absolute Gasteiger partial charge is 0.285 e. The maximum Gasteiger partial charge on any atom is 0.511 e. The Kier molecular flexibility index (Phi) is 10.6. The lowest BCUT2D eigenvalue weighted by atomic mass is 9.93. The van der Waals surface area contributed by atoms with Crippen LogP contribution >= 0.6 is 7.82 Å². The average molecular weight is 336 g/mol. The highest BCUT2D eigenvalue weighted by molar-refractivity contribution is 7.48. The normalized spacial score (nSPS) is 14.4. The molecule has 6 nitrogen and oxygen atoms in total. The van der Waals surface area contributed by atoms with Crippen LogP contribution in [0.4, 0.5) is 0 Å². The van der Waals surface area contributed by atoms with E-state index in [9.17, 15) is 9.36 Å². The number of hydrogen-bond acceptors (Lipinski definition) is 6. The van der Waals surface area contributed by atoms with E-state index in [-0.39, 0.29) is 6.61 Å². The molecule has 0 aromatic heterocycles. The average Bonchev–Trinajstić information content (AvgIpc) is 2.49. The molecule has 0 amide bonds. The highest BCUT2D eigenvalue weighted by Crippen LogP contribution is 2.54. The van der Waals surface area contributed by atoms with Crippen molar-refractivity contribution in [3.05, 3.63) is 12.7 Å². The van der Waals surface area contributed by atoms with Gasteiger partial charge in [-0.05, 0) is 26.7 Å². The molecule has 0 N–H and O–H groups in total. The van der Waals surface area contributed by atoms with Crippen LogP contribution in [0.1, 0.15) is 66.2 Å². The molecular formula is C15H29O6P. The molecule has 0 fully saturated rings. The van der Waals surface area contributed by atoms with Crippen LogP contribution in [-0.4, -0.2) is 18.2 Å². The zero-order valence-corrected chi connectivity index (χ0v) is 15.0. The van der Waals surface area contributed by atoms with Gasteiger partial charge in [-0.15, -0.1) is 0 Å². The van der Waals surface area contributed by atoms with Crippen molar-refractivity contribution in [3.8, 4) is 0 Å². The Morgan fingerprint density at radius 1 is 1.18 bits per heavy atom. The van der Waals surface area contributed by atoms with E-state index in [1.165, 1.54) is 0 Å². The van der Waals surface area contributed by atoms with Gasteiger partial charge in [0.25, 0.3) is 0 Å². The topological polar surface area (TPSA) is 71.1 Å². The molecule has 0 heterocycles. The zero-order valence-electron chi connectivity index (χ0n) is 14.1. The molecule has 0 saturated heterocycles. The molecule has 22 heavy (non-hydrogen) atoms. The van der Waals surface area contributed by atoms with Crippen LogP contribution < -0.4 is 0 Å². The predicted molar refractivity (Wildman–Crippen MR) is 85.1 cm³/mol. The van der Waals surface area contributed by atoms with Crippen LogP contribution in [0.3, 0.4) is 0 Å². The molecule has 1 unspecified atom stereocenters. The number of rotatable bonds is 13. The van der Waals surface area contributed by atoms with Gasteiger partial charge in [-0.3, -0.25) is 13.9 Å². The summed E-state index contributed by atoms with van der Waals surface area (Å²) in [6, 6.07) is 0. The van der Waals surface area contributed by atoms with Gasteiger partial charge in [0.1, 0.15) is 0 Å². The van der Waals surface area contributed by atoms with E-state index in [2.05, 4.69) is 30.0 Å². The Morgan fingerprint density at radius 2 is 1.73 bits per heavy atom. The minimum absolute atomic E-state index is 0.112. The van der Waals surface area contributed by atoms with Gasteiger partial charge in [0.2, 0.25) is 0 Å². The monoisotopic (exact) mass is 336 g/mol. The fourth-order valence-electron chi connectivity index (χ4n) is 1.93. The van der Waals surface area contributed by atoms with Crippen LogP contribution in [-0.2, 0) is 28.0 Å². The second-order valence-corrected chi connectivity index (χ2v) is 6.78. The standard InChI is InChI=1S/C15H29O6P/c1-6-10-12-15(5,13-11-7-2)20-22(17,18-9-4)21-19-14(16)8-3/h8H,3,6-7,9-13H2,1-2,4-5H3. The SMILES string of the molecule is C=CC(=O)OOP(=O)(OCC)OC(C)(CCCC)CCCC. The molecule has 7 heteroatoms. The quantitative estimate of drug-likeness (QED) is 0.205. The van der Waals surface area contributed by atoms with E-state index in [0.717, 1.165) is 44.6 Å². The van der Waals surface area contributed by atoms with E-state index >= 15 is 0 Å². The van der Waals surface area contributed by atoms with E-state index < -0.39 is 19.4 Å². The van der Waals surface area contributed by atoms with Crippen LogP contribution in [0.15, 0.2) is 12.7 Å². The van der Waals surface area contributed by atoms with Gasteiger partial charge in [-0.2, -0.15) is 0 Å². The molecule has 0 aromatic rings. The van der Waals surface area contributed by atoms with Crippen LogP contribution in [0.5, 0.6) is 0 Å². The number of unbranched alkanes of at least 4 members (excludes halogenated alkanes) is 2. The number of carbonyl (C=O) groups excluding carboxylic acids is 1. The van der Waals surface area contributed by atoms with Crippen molar-refractivity contribution in [2.75, 3.05) is 6.61 Å². The Bertz CT molecular complexity index is 374. The number of hydrogen-bond donors (Lipinski definition) is 0. The molecule has 130 valence electrons. The number of phosphoric acid groups is 1. The zero-order chi connectivity index (χ0) is 17.1. The van der Waals surface area contributed by atoms with E-state index in [0.29, 0.717) is 0 Å². The van der Waals surface area contributed by atoms with Gasteiger partial charge in [0, 0.05) is 6.08 Å². The minimum atomic E-state index is -3.98. The number of carbonyl (C=O) groups is 1. The van der Waals surface area contributed by atoms with E-state index in [4.69, 9.17) is 9.05 Å². The molecule has 0 spiro atoms. The van der Waals surface area contributed by atoms with Gasteiger partial charge in [-0.1, -0.05) is 50.8 Å². The first-order valence-electron chi connectivity index (χ1n) is 7.82. The highest BCUT2D eigenvalue weighted by Gasteiger charge is 2.39. The summed E-state index contributed by atoms with van der Waals surface area (Å²) in [4.78, 5) is 15.5. The van der Waals surface area contributed by atoms with Crippen molar-refractivity contribution >= 4 is 13.8 Å². The van der Waals surface area contributed by atoms with Gasteiger partial charge < -0.3 is 0 Å². The molecule has 0 saturated carbocycles. The van der Waals surface area contributed by atoms with Crippen molar-refractivity contribution in [1.82, 2.24) is 0 Å². The summed E-state index contributed by atoms with van der Waals surface area (Å²) >= 11 is 0. The lowest BCUT2D eigenvalue weighted by molar-refractivity contribution is -0.222. The predicted octanol–water partition coefficient (Wildman–Crippen LogP) is 4.95. The summed E-state index contributed by atoms with van der Waals surface area (Å²) in [5.74, 6) is -0.854. The minimum Gasteiger partial charge on any atom is -0.285 e. The maximum atomic E-state index is 12.6. The molecular weight excluding hydrogens is 307 g/mol. The van der Waals surface area contributed by atoms with Crippen molar-refractivity contribution in [1.29, 1.82) is 0 Å². The second kappa shape index (κ2) is 10.9. The summed E-state index contributed by atoms with van der Waals surface area (Å²) in [5, 5.41) is 0. The summed E-state index contributed by atoms with van der Waals surface area (Å²) in [6.07, 6.45) is 6.20. The second-order valence-electron chi connectivity index (χ2n) is 5.29. The third-order valence-corrected chi connectivity index (χ3v) is 4.61. The van der Waals surface area contributed by atoms with Crippen molar-refractivity contribution in [2.45, 2.75) is 71.8 Å². The Balaban J connectivity index is 4.97. The van der Waals surface area contributed by atoms with Crippen molar-refractivity contribution < 1.29 is 28.0 Å². The van der Waals surface area contributed by atoms with Crippen LogP contribution in [0.2, 0.25) is 0 Å². The summed E-state index contributed by atoms with van der Waals surface area (Å²) < 4.78 is 28.0. The molecule has 0 radical (unpaired) electrons. The van der Waals surface area contributed by atoms with Crippen LogP contribution in [0, 0.1) is 0 Å². The van der Waals surface area contributed by atoms with Gasteiger partial charge >= 0.3 is 13.8 Å². The first-order chi connectivity index (χ1) is 10.3. The Hall–Kier alpha value is -0.680. The molecule has 1 atom stereocenters. The van der Waals surface area contributed by atoms with Gasteiger partial charge in [0.05, 0.1) is 12.2 Å². The third-order valence-electron chi connectivity index (χ3n) is 3.12. The largest absolute Gasteiger partial charge is 0.511 e. The summed E-state index contributed by atoms with van der Waals surface area (Å²) in [5.41, 5.74) is -0.655. The van der Waals surface area contributed by atoms with Gasteiger partial charge in [-0.25, -0.2) is 9.36 Å². The molecule has 0 aliphatic carbocycles. The molecule has 0 aliphatic heterocycles. The lowest BCUT2D eigenvalue weighted by Crippen LogP contribution is -2.28.